The molecule has 0 radical (unpaired) electrons. The summed E-state index contributed by atoms with van der Waals surface area (Å²) in [5.74, 6) is -0.286. The van der Waals surface area contributed by atoms with Gasteiger partial charge in [-0.05, 0) is 6.92 Å². The highest BCUT2D eigenvalue weighted by Crippen LogP contribution is 2.13. The highest BCUT2D eigenvalue weighted by Gasteiger charge is 2.29. The number of hydrogen-bond donors (Lipinski definition) is 0. The molecule has 0 bridgehead atoms. The number of hydrogen-bond acceptors (Lipinski definition) is 4. The summed E-state index contributed by atoms with van der Waals surface area (Å²) in [7, 11) is 0. The Kier molecular flexibility index (Phi) is 1.76. The van der Waals surface area contributed by atoms with E-state index in [9.17, 15) is 4.79 Å². The molecule has 1 fully saturated rings. The summed E-state index contributed by atoms with van der Waals surface area (Å²) in [6, 6.07) is 1.97. The average molecular weight is 141 g/mol. The summed E-state index contributed by atoms with van der Waals surface area (Å²) in [5, 5.41) is 8.38. The predicted octanol–water partition coefficient (Wildman–Crippen LogP) is 0.681. The zero-order valence-electron chi connectivity index (χ0n) is 5.53. The summed E-state index contributed by atoms with van der Waals surface area (Å²) in [6.07, 6.45) is -1.05. The first kappa shape index (κ1) is 6.87. The van der Waals surface area contributed by atoms with Crippen LogP contribution in [0, 0.1) is 17.2 Å². The van der Waals surface area contributed by atoms with Crippen LogP contribution in [0.1, 0.15) is 6.92 Å². The van der Waals surface area contributed by atoms with Gasteiger partial charge in [-0.3, -0.25) is 0 Å². The van der Waals surface area contributed by atoms with Crippen LogP contribution in [-0.2, 0) is 9.47 Å². The van der Waals surface area contributed by atoms with E-state index in [0.29, 0.717) is 0 Å². The van der Waals surface area contributed by atoms with Gasteiger partial charge < -0.3 is 9.47 Å². The molecule has 1 saturated heterocycles. The van der Waals surface area contributed by atoms with Gasteiger partial charge in [-0.2, -0.15) is 5.26 Å². The molecule has 0 aromatic heterocycles. The van der Waals surface area contributed by atoms with Gasteiger partial charge in [0.1, 0.15) is 6.61 Å². The van der Waals surface area contributed by atoms with Crippen LogP contribution in [0.2, 0.25) is 0 Å². The lowest BCUT2D eigenvalue weighted by molar-refractivity contribution is 0.110. The Hall–Kier alpha value is -1.24. The number of nitrogens with zero attached hydrogens (tertiary/aromatic N) is 1. The Morgan fingerprint density at radius 1 is 1.90 bits per heavy atom. The zero-order valence-corrected chi connectivity index (χ0v) is 5.53. The van der Waals surface area contributed by atoms with Crippen molar-refractivity contribution in [2.75, 3.05) is 6.61 Å². The summed E-state index contributed by atoms with van der Waals surface area (Å²) < 4.78 is 9.11. The average Bonchev–Trinajstić information content (AvgIpc) is 2.34. The Morgan fingerprint density at radius 2 is 2.60 bits per heavy atom. The Balaban J connectivity index is 2.46. The maximum atomic E-state index is 10.3. The molecular weight excluding hydrogens is 134 g/mol. The zero-order chi connectivity index (χ0) is 7.56. The van der Waals surface area contributed by atoms with E-state index < -0.39 is 6.16 Å². The summed E-state index contributed by atoms with van der Waals surface area (Å²) in [5.41, 5.74) is 0. The first-order chi connectivity index (χ1) is 4.74. The minimum Gasteiger partial charge on any atom is -0.430 e. The second-order valence-corrected chi connectivity index (χ2v) is 2.14. The van der Waals surface area contributed by atoms with Crippen molar-refractivity contribution >= 4 is 6.16 Å². The van der Waals surface area contributed by atoms with Gasteiger partial charge in [-0.1, -0.05) is 0 Å². The van der Waals surface area contributed by atoms with Crippen LogP contribution in [0.4, 0.5) is 4.79 Å². The van der Waals surface area contributed by atoms with E-state index >= 15 is 0 Å². The lowest BCUT2D eigenvalue weighted by atomic mass is 10.1. The van der Waals surface area contributed by atoms with Gasteiger partial charge >= 0.3 is 6.16 Å². The topological polar surface area (TPSA) is 59.3 Å². The van der Waals surface area contributed by atoms with Crippen molar-refractivity contribution in [2.45, 2.75) is 13.0 Å². The molecule has 1 aliphatic rings. The minimum absolute atomic E-state index is 0.202. The number of carbonyl (C=O) groups is 1. The van der Waals surface area contributed by atoms with Crippen LogP contribution in [0.5, 0.6) is 0 Å². The SMILES string of the molecule is CC(C#N)C1COC(=O)O1. The molecule has 0 spiro atoms. The second-order valence-electron chi connectivity index (χ2n) is 2.14. The van der Waals surface area contributed by atoms with Crippen LogP contribution < -0.4 is 0 Å². The fraction of sp³-hybridized carbons (Fsp3) is 0.667. The molecule has 4 heteroatoms. The minimum atomic E-state index is -0.674. The van der Waals surface area contributed by atoms with Crippen molar-refractivity contribution in [1.82, 2.24) is 0 Å². The molecule has 0 saturated carbocycles. The predicted molar refractivity (Wildman–Crippen MR) is 31.0 cm³/mol. The number of nitriles is 1. The summed E-state index contributed by atoms with van der Waals surface area (Å²) in [6.45, 7) is 1.89. The molecule has 0 amide bonds. The molecule has 2 atom stereocenters. The fourth-order valence-electron chi connectivity index (χ4n) is 0.671. The molecule has 1 aliphatic heterocycles. The van der Waals surface area contributed by atoms with Gasteiger partial charge in [0.05, 0.1) is 12.0 Å². The van der Waals surface area contributed by atoms with Crippen molar-refractivity contribution in [3.8, 4) is 6.07 Å². The van der Waals surface area contributed by atoms with Crippen LogP contribution in [0.25, 0.3) is 0 Å². The van der Waals surface area contributed by atoms with Crippen LogP contribution >= 0.6 is 0 Å². The normalized spacial score (nSPS) is 26.4. The Morgan fingerprint density at radius 3 is 3.00 bits per heavy atom. The van der Waals surface area contributed by atoms with E-state index in [4.69, 9.17) is 5.26 Å². The van der Waals surface area contributed by atoms with Gasteiger partial charge in [0.2, 0.25) is 0 Å². The van der Waals surface area contributed by atoms with Crippen molar-refractivity contribution < 1.29 is 14.3 Å². The first-order valence-electron chi connectivity index (χ1n) is 2.97. The van der Waals surface area contributed by atoms with Gasteiger partial charge in [0, 0.05) is 0 Å². The van der Waals surface area contributed by atoms with Crippen LogP contribution in [-0.4, -0.2) is 18.9 Å². The summed E-state index contributed by atoms with van der Waals surface area (Å²) >= 11 is 0. The van der Waals surface area contributed by atoms with E-state index in [-0.39, 0.29) is 18.6 Å². The largest absolute Gasteiger partial charge is 0.508 e. The molecule has 1 heterocycles. The van der Waals surface area contributed by atoms with Crippen molar-refractivity contribution in [1.29, 1.82) is 5.26 Å². The third-order valence-electron chi connectivity index (χ3n) is 1.37. The van der Waals surface area contributed by atoms with E-state index in [1.807, 2.05) is 6.07 Å². The molecule has 54 valence electrons. The molecule has 0 aliphatic carbocycles. The highest BCUT2D eigenvalue weighted by atomic mass is 16.8. The molecule has 0 N–H and O–H groups in total. The number of cyclic esters (lactones) is 2. The third-order valence-corrected chi connectivity index (χ3v) is 1.37. The lowest BCUT2D eigenvalue weighted by Gasteiger charge is -2.05. The molecule has 1 rings (SSSR count). The lowest BCUT2D eigenvalue weighted by Crippen LogP contribution is -2.18. The van der Waals surface area contributed by atoms with Crippen molar-refractivity contribution in [3.05, 3.63) is 0 Å². The standard InChI is InChI=1S/C6H7NO3/c1-4(2-7)5-3-9-6(8)10-5/h4-5H,3H2,1H3. The monoisotopic (exact) mass is 141 g/mol. The van der Waals surface area contributed by atoms with E-state index in [1.165, 1.54) is 0 Å². The van der Waals surface area contributed by atoms with Crippen molar-refractivity contribution in [2.24, 2.45) is 5.92 Å². The third kappa shape index (κ3) is 1.18. The molecule has 2 unspecified atom stereocenters. The van der Waals surface area contributed by atoms with E-state index in [0.717, 1.165) is 0 Å². The van der Waals surface area contributed by atoms with Gasteiger partial charge in [0.15, 0.2) is 6.10 Å². The molecular formula is C6H7NO3. The summed E-state index contributed by atoms with van der Waals surface area (Å²) in [4.78, 5) is 10.3. The van der Waals surface area contributed by atoms with Gasteiger partial charge in [-0.25, -0.2) is 4.79 Å². The number of ether oxygens (including phenoxy) is 2. The van der Waals surface area contributed by atoms with Gasteiger partial charge in [0.25, 0.3) is 0 Å². The van der Waals surface area contributed by atoms with E-state index in [2.05, 4.69) is 9.47 Å². The number of carbonyl (C=O) groups excluding carboxylic acids is 1. The Labute approximate surface area is 58.3 Å². The maximum Gasteiger partial charge on any atom is 0.508 e. The number of rotatable bonds is 1. The molecule has 10 heavy (non-hydrogen) atoms. The molecule has 0 aromatic rings. The van der Waals surface area contributed by atoms with Crippen LogP contribution in [0.3, 0.4) is 0 Å². The first-order valence-corrected chi connectivity index (χ1v) is 2.97. The second kappa shape index (κ2) is 2.56. The molecule has 0 aromatic carbocycles. The van der Waals surface area contributed by atoms with Crippen molar-refractivity contribution in [3.63, 3.8) is 0 Å². The molecule has 4 nitrogen and oxygen atoms in total. The van der Waals surface area contributed by atoms with Crippen LogP contribution in [0.15, 0.2) is 0 Å². The highest BCUT2D eigenvalue weighted by molar-refractivity contribution is 5.61. The maximum absolute atomic E-state index is 10.3. The van der Waals surface area contributed by atoms with Gasteiger partial charge in [-0.15, -0.1) is 0 Å². The smallest absolute Gasteiger partial charge is 0.430 e. The van der Waals surface area contributed by atoms with E-state index in [1.54, 1.807) is 6.92 Å². The Bertz CT molecular complexity index is 184. The quantitative estimate of drug-likeness (QED) is 0.504. The fourth-order valence-corrected chi connectivity index (χ4v) is 0.671.